The van der Waals surface area contributed by atoms with Crippen LogP contribution >= 0.6 is 11.3 Å². The summed E-state index contributed by atoms with van der Waals surface area (Å²) >= 11 is 1.51. The fourth-order valence-electron chi connectivity index (χ4n) is 2.89. The molecule has 1 aliphatic rings. The normalized spacial score (nSPS) is 18.0. The van der Waals surface area contributed by atoms with E-state index >= 15 is 0 Å². The third kappa shape index (κ3) is 3.53. The molecule has 0 aliphatic carbocycles. The van der Waals surface area contributed by atoms with Crippen molar-refractivity contribution in [1.29, 1.82) is 0 Å². The van der Waals surface area contributed by atoms with Gasteiger partial charge in [-0.1, -0.05) is 12.1 Å². The van der Waals surface area contributed by atoms with Crippen molar-refractivity contribution in [2.75, 3.05) is 18.0 Å². The molecule has 1 atom stereocenters. The third-order valence-corrected chi connectivity index (χ3v) is 4.83. The number of hydrogen-bond donors (Lipinski definition) is 1. The van der Waals surface area contributed by atoms with Crippen molar-refractivity contribution in [2.45, 2.75) is 25.1 Å². The summed E-state index contributed by atoms with van der Waals surface area (Å²) in [5, 5.41) is 5.40. The molecule has 1 aromatic heterocycles. The van der Waals surface area contributed by atoms with E-state index in [0.717, 1.165) is 30.6 Å². The number of anilines is 1. The van der Waals surface area contributed by atoms with Crippen LogP contribution in [0.15, 0.2) is 35.8 Å². The van der Waals surface area contributed by atoms with Crippen molar-refractivity contribution in [3.63, 3.8) is 0 Å². The number of nitrogens with one attached hydrogen (secondary N) is 1. The molecule has 8 heteroatoms. The number of thiazole rings is 1. The summed E-state index contributed by atoms with van der Waals surface area (Å²) in [6.45, 7) is 1.14. The lowest BCUT2D eigenvalue weighted by atomic mass is 10.1. The van der Waals surface area contributed by atoms with Crippen LogP contribution in [0.5, 0.6) is 0 Å². The van der Waals surface area contributed by atoms with Gasteiger partial charge in [-0.3, -0.25) is 4.79 Å². The van der Waals surface area contributed by atoms with Crippen LogP contribution < -0.4 is 10.2 Å². The Morgan fingerprint density at radius 2 is 2.17 bits per heavy atom. The minimum absolute atomic E-state index is 0.0538. The summed E-state index contributed by atoms with van der Waals surface area (Å²) in [5.41, 5.74) is -1.26. The van der Waals surface area contributed by atoms with Crippen LogP contribution in [-0.4, -0.2) is 30.0 Å². The minimum atomic E-state index is -4.55. The summed E-state index contributed by atoms with van der Waals surface area (Å²) in [6, 6.07) is 4.89. The van der Waals surface area contributed by atoms with Crippen LogP contribution in [0, 0.1) is 0 Å². The Kier molecular flexibility index (Phi) is 4.75. The maximum atomic E-state index is 13.0. The van der Waals surface area contributed by atoms with E-state index in [2.05, 4.69) is 15.2 Å². The second kappa shape index (κ2) is 6.80. The third-order valence-electron chi connectivity index (χ3n) is 4.02. The Hall–Kier alpha value is -2.09. The molecule has 0 unspecified atom stereocenters. The van der Waals surface area contributed by atoms with Gasteiger partial charge in [0.2, 0.25) is 0 Å². The van der Waals surface area contributed by atoms with Crippen LogP contribution in [0.3, 0.4) is 0 Å². The monoisotopic (exact) mass is 355 g/mol. The molecular weight excluding hydrogens is 339 g/mol. The van der Waals surface area contributed by atoms with Crippen LogP contribution in [0.25, 0.3) is 0 Å². The number of carbonyl (C=O) groups excluding carboxylic acids is 1. The van der Waals surface area contributed by atoms with E-state index in [1.807, 2.05) is 5.38 Å². The molecule has 0 spiro atoms. The maximum absolute atomic E-state index is 13.0. The minimum Gasteiger partial charge on any atom is -0.350 e. The Balaban J connectivity index is 1.68. The average Bonchev–Trinajstić information content (AvgIpc) is 3.22. The lowest BCUT2D eigenvalue weighted by Gasteiger charge is -2.24. The zero-order valence-corrected chi connectivity index (χ0v) is 13.5. The van der Waals surface area contributed by atoms with Crippen molar-refractivity contribution in [2.24, 2.45) is 0 Å². The number of carbonyl (C=O) groups is 1. The number of benzene rings is 1. The molecule has 128 valence electrons. The molecule has 4 nitrogen and oxygen atoms in total. The lowest BCUT2D eigenvalue weighted by molar-refractivity contribution is -0.137. The van der Waals surface area contributed by atoms with Gasteiger partial charge in [-0.05, 0) is 25.0 Å². The summed E-state index contributed by atoms with van der Waals surface area (Å²) in [7, 11) is 0. The molecular formula is C16H16F3N3OS. The highest BCUT2D eigenvalue weighted by atomic mass is 32.1. The van der Waals surface area contributed by atoms with Gasteiger partial charge in [0.05, 0.1) is 11.1 Å². The van der Waals surface area contributed by atoms with E-state index in [9.17, 15) is 18.0 Å². The van der Waals surface area contributed by atoms with Crippen molar-refractivity contribution in [3.8, 4) is 0 Å². The van der Waals surface area contributed by atoms with E-state index in [1.54, 1.807) is 6.20 Å². The van der Waals surface area contributed by atoms with Crippen LogP contribution in [0.2, 0.25) is 0 Å². The first-order valence-electron chi connectivity index (χ1n) is 7.57. The Morgan fingerprint density at radius 3 is 2.88 bits per heavy atom. The van der Waals surface area contributed by atoms with Gasteiger partial charge < -0.3 is 10.2 Å². The number of nitrogens with zero attached hydrogens (tertiary/aromatic N) is 2. The number of alkyl halides is 3. The second-order valence-electron chi connectivity index (χ2n) is 5.56. The highest BCUT2D eigenvalue weighted by molar-refractivity contribution is 7.13. The van der Waals surface area contributed by atoms with E-state index in [1.165, 1.54) is 29.5 Å². The largest absolute Gasteiger partial charge is 0.417 e. The number of halogens is 3. The van der Waals surface area contributed by atoms with Gasteiger partial charge in [-0.15, -0.1) is 11.3 Å². The molecule has 1 N–H and O–H groups in total. The van der Waals surface area contributed by atoms with Crippen molar-refractivity contribution in [1.82, 2.24) is 10.3 Å². The van der Waals surface area contributed by atoms with Crippen molar-refractivity contribution >= 4 is 22.4 Å². The summed E-state index contributed by atoms with van der Waals surface area (Å²) in [4.78, 5) is 18.6. The Bertz CT molecular complexity index is 703. The van der Waals surface area contributed by atoms with E-state index in [0.29, 0.717) is 6.54 Å². The lowest BCUT2D eigenvalue weighted by Crippen LogP contribution is -2.40. The summed E-state index contributed by atoms with van der Waals surface area (Å²) in [6.07, 6.45) is -0.984. The standard InChI is InChI=1S/C16H16F3N3OS/c17-16(18,19)13-6-2-1-5-12(13)14(23)21-10-11-4-3-8-22(11)15-20-7-9-24-15/h1-2,5-7,9,11H,3-4,8,10H2,(H,21,23)/t11-/m0/s1. The molecule has 0 saturated carbocycles. The van der Waals surface area contributed by atoms with Crippen LogP contribution in [0.1, 0.15) is 28.8 Å². The molecule has 1 saturated heterocycles. The fraction of sp³-hybridized carbons (Fsp3) is 0.375. The molecule has 0 radical (unpaired) electrons. The zero-order chi connectivity index (χ0) is 17.2. The Labute approximate surface area is 141 Å². The van der Waals surface area contributed by atoms with Gasteiger partial charge >= 0.3 is 6.18 Å². The average molecular weight is 355 g/mol. The quantitative estimate of drug-likeness (QED) is 0.912. The molecule has 3 rings (SSSR count). The molecule has 2 aromatic rings. The summed E-state index contributed by atoms with van der Waals surface area (Å²) < 4.78 is 39.0. The van der Waals surface area contributed by atoms with Crippen LogP contribution in [0.4, 0.5) is 18.3 Å². The SMILES string of the molecule is O=C(NC[C@@H]1CCCN1c1nccs1)c1ccccc1C(F)(F)F. The predicted molar refractivity (Wildman–Crippen MR) is 86.3 cm³/mol. The van der Waals surface area contributed by atoms with E-state index in [4.69, 9.17) is 0 Å². The van der Waals surface area contributed by atoms with E-state index in [-0.39, 0.29) is 11.6 Å². The van der Waals surface area contributed by atoms with Crippen molar-refractivity contribution in [3.05, 3.63) is 47.0 Å². The second-order valence-corrected chi connectivity index (χ2v) is 6.43. The topological polar surface area (TPSA) is 45.2 Å². The molecule has 1 aromatic carbocycles. The predicted octanol–water partition coefficient (Wildman–Crippen LogP) is 3.56. The molecule has 1 amide bonds. The summed E-state index contributed by atoms with van der Waals surface area (Å²) in [5.74, 6) is -0.700. The maximum Gasteiger partial charge on any atom is 0.417 e. The van der Waals surface area contributed by atoms with Gasteiger partial charge in [0.15, 0.2) is 5.13 Å². The fourth-order valence-corrected chi connectivity index (χ4v) is 3.63. The first-order valence-corrected chi connectivity index (χ1v) is 8.45. The highest BCUT2D eigenvalue weighted by Gasteiger charge is 2.35. The molecule has 2 heterocycles. The van der Waals surface area contributed by atoms with Crippen molar-refractivity contribution < 1.29 is 18.0 Å². The number of amides is 1. The molecule has 1 aliphatic heterocycles. The van der Waals surface area contributed by atoms with E-state index < -0.39 is 17.6 Å². The zero-order valence-electron chi connectivity index (χ0n) is 12.7. The first-order chi connectivity index (χ1) is 11.5. The first kappa shape index (κ1) is 16.8. The number of hydrogen-bond acceptors (Lipinski definition) is 4. The van der Waals surface area contributed by atoms with Gasteiger partial charge in [0.1, 0.15) is 0 Å². The van der Waals surface area contributed by atoms with Crippen LogP contribution in [-0.2, 0) is 6.18 Å². The molecule has 1 fully saturated rings. The Morgan fingerprint density at radius 1 is 1.38 bits per heavy atom. The molecule has 24 heavy (non-hydrogen) atoms. The van der Waals surface area contributed by atoms with Gasteiger partial charge in [-0.2, -0.15) is 13.2 Å². The smallest absolute Gasteiger partial charge is 0.350 e. The van der Waals surface area contributed by atoms with Gasteiger partial charge in [-0.25, -0.2) is 4.98 Å². The molecule has 0 bridgehead atoms. The van der Waals surface area contributed by atoms with Gasteiger partial charge in [0, 0.05) is 30.7 Å². The van der Waals surface area contributed by atoms with Gasteiger partial charge in [0.25, 0.3) is 5.91 Å². The highest BCUT2D eigenvalue weighted by Crippen LogP contribution is 2.32. The number of aromatic nitrogens is 1. The number of rotatable bonds is 4.